The third-order valence-corrected chi connectivity index (χ3v) is 3.01. The molecular weight excluding hydrogens is 233 g/mol. The summed E-state index contributed by atoms with van der Waals surface area (Å²) < 4.78 is 18.4. The molecule has 0 fully saturated rings. The summed E-state index contributed by atoms with van der Waals surface area (Å²) >= 11 is 0. The van der Waals surface area contributed by atoms with Gasteiger partial charge in [0.25, 0.3) is 0 Å². The number of hydrogen-bond acceptors (Lipinski definition) is 3. The molecule has 0 aliphatic heterocycles. The second-order valence-electron chi connectivity index (χ2n) is 4.95. The van der Waals surface area contributed by atoms with Gasteiger partial charge in [0, 0.05) is 5.56 Å². The van der Waals surface area contributed by atoms with E-state index in [2.05, 4.69) is 13.8 Å². The zero-order chi connectivity index (χ0) is 13.7. The predicted molar refractivity (Wildman–Crippen MR) is 70.0 cm³/mol. The molecule has 0 bridgehead atoms. The minimum Gasteiger partial charge on any atom is -0.496 e. The van der Waals surface area contributed by atoms with E-state index in [1.807, 2.05) is 0 Å². The van der Waals surface area contributed by atoms with Gasteiger partial charge in [-0.05, 0) is 37.0 Å². The number of aliphatic hydroxyl groups excluding tert-OH is 1. The SMILES string of the molecule is COc1ccc(F)cc1[C@H](N)[C@H](O)CCC(C)C. The van der Waals surface area contributed by atoms with Crippen LogP contribution in [0.25, 0.3) is 0 Å². The first-order valence-corrected chi connectivity index (χ1v) is 6.22. The zero-order valence-corrected chi connectivity index (χ0v) is 11.2. The van der Waals surface area contributed by atoms with Crippen LogP contribution < -0.4 is 10.5 Å². The van der Waals surface area contributed by atoms with Crippen LogP contribution >= 0.6 is 0 Å². The average molecular weight is 255 g/mol. The van der Waals surface area contributed by atoms with Crippen LogP contribution in [0, 0.1) is 11.7 Å². The topological polar surface area (TPSA) is 55.5 Å². The fourth-order valence-electron chi connectivity index (χ4n) is 1.86. The second kappa shape index (κ2) is 6.71. The molecule has 1 aromatic carbocycles. The first kappa shape index (κ1) is 14.9. The Morgan fingerprint density at radius 2 is 2.00 bits per heavy atom. The molecule has 0 aliphatic carbocycles. The van der Waals surface area contributed by atoms with Crippen molar-refractivity contribution >= 4 is 0 Å². The number of rotatable bonds is 6. The van der Waals surface area contributed by atoms with Crippen molar-refractivity contribution in [1.29, 1.82) is 0 Å². The van der Waals surface area contributed by atoms with Crippen molar-refractivity contribution in [1.82, 2.24) is 0 Å². The van der Waals surface area contributed by atoms with Crippen LogP contribution in [0.2, 0.25) is 0 Å². The lowest BCUT2D eigenvalue weighted by Crippen LogP contribution is -2.27. The first-order chi connectivity index (χ1) is 8.45. The van der Waals surface area contributed by atoms with Gasteiger partial charge >= 0.3 is 0 Å². The highest BCUT2D eigenvalue weighted by Gasteiger charge is 2.21. The highest BCUT2D eigenvalue weighted by Crippen LogP contribution is 2.28. The van der Waals surface area contributed by atoms with Gasteiger partial charge in [0.05, 0.1) is 19.3 Å². The standard InChI is InChI=1S/C14H22FNO2/c1-9(2)4-6-12(17)14(16)11-8-10(15)5-7-13(11)18-3/h5,7-9,12,14,17H,4,6,16H2,1-3H3/t12-,14+/m1/s1. The van der Waals surface area contributed by atoms with Crippen LogP contribution in [0.4, 0.5) is 4.39 Å². The van der Waals surface area contributed by atoms with Crippen LogP contribution in [-0.4, -0.2) is 18.3 Å². The quantitative estimate of drug-likeness (QED) is 0.821. The average Bonchev–Trinajstić information content (AvgIpc) is 2.34. The lowest BCUT2D eigenvalue weighted by atomic mass is 9.95. The van der Waals surface area contributed by atoms with E-state index in [4.69, 9.17) is 10.5 Å². The molecule has 0 aliphatic rings. The van der Waals surface area contributed by atoms with Gasteiger partial charge in [-0.2, -0.15) is 0 Å². The maximum Gasteiger partial charge on any atom is 0.123 e. The lowest BCUT2D eigenvalue weighted by molar-refractivity contribution is 0.127. The van der Waals surface area contributed by atoms with Crippen molar-refractivity contribution in [3.63, 3.8) is 0 Å². The van der Waals surface area contributed by atoms with Gasteiger partial charge in [-0.1, -0.05) is 13.8 Å². The Morgan fingerprint density at radius 1 is 1.33 bits per heavy atom. The molecule has 0 aromatic heterocycles. The monoisotopic (exact) mass is 255 g/mol. The van der Waals surface area contributed by atoms with Crippen molar-refractivity contribution < 1.29 is 14.2 Å². The van der Waals surface area contributed by atoms with Crippen molar-refractivity contribution in [2.75, 3.05) is 7.11 Å². The predicted octanol–water partition coefficient (Wildman–Crippen LogP) is 2.63. The van der Waals surface area contributed by atoms with Crippen LogP contribution in [0.15, 0.2) is 18.2 Å². The zero-order valence-electron chi connectivity index (χ0n) is 11.2. The maximum atomic E-state index is 13.2. The van der Waals surface area contributed by atoms with E-state index in [1.54, 1.807) is 0 Å². The molecule has 1 rings (SSSR count). The van der Waals surface area contributed by atoms with Gasteiger partial charge in [0.1, 0.15) is 11.6 Å². The molecular formula is C14H22FNO2. The summed E-state index contributed by atoms with van der Waals surface area (Å²) in [5.74, 6) is 0.631. The molecule has 102 valence electrons. The van der Waals surface area contributed by atoms with E-state index in [0.29, 0.717) is 23.7 Å². The minimum atomic E-state index is -0.692. The van der Waals surface area contributed by atoms with Crippen molar-refractivity contribution in [3.05, 3.63) is 29.6 Å². The molecule has 2 atom stereocenters. The number of nitrogens with two attached hydrogens (primary N) is 1. The van der Waals surface area contributed by atoms with E-state index in [9.17, 15) is 9.50 Å². The summed E-state index contributed by atoms with van der Waals surface area (Å²) in [6.07, 6.45) is 0.786. The molecule has 0 heterocycles. The number of hydrogen-bond donors (Lipinski definition) is 2. The van der Waals surface area contributed by atoms with Gasteiger partial charge in [0.15, 0.2) is 0 Å². The Labute approximate surface area is 108 Å². The Bertz CT molecular complexity index is 382. The van der Waals surface area contributed by atoms with Crippen molar-refractivity contribution in [2.45, 2.75) is 38.8 Å². The van der Waals surface area contributed by atoms with Gasteiger partial charge in [-0.25, -0.2) is 4.39 Å². The fraction of sp³-hybridized carbons (Fsp3) is 0.571. The first-order valence-electron chi connectivity index (χ1n) is 6.22. The lowest BCUT2D eigenvalue weighted by Gasteiger charge is -2.22. The molecule has 4 heteroatoms. The van der Waals surface area contributed by atoms with Crippen molar-refractivity contribution in [2.24, 2.45) is 11.7 Å². The number of benzene rings is 1. The van der Waals surface area contributed by atoms with Crippen LogP contribution in [0.1, 0.15) is 38.3 Å². The van der Waals surface area contributed by atoms with E-state index < -0.39 is 12.1 Å². The molecule has 0 amide bonds. The Kier molecular flexibility index (Phi) is 5.56. The highest BCUT2D eigenvalue weighted by molar-refractivity contribution is 5.36. The molecule has 3 nitrogen and oxygen atoms in total. The number of aliphatic hydroxyl groups is 1. The number of ether oxygens (including phenoxy) is 1. The summed E-state index contributed by atoms with van der Waals surface area (Å²) in [5.41, 5.74) is 6.48. The third-order valence-electron chi connectivity index (χ3n) is 3.01. The second-order valence-corrected chi connectivity index (χ2v) is 4.95. The smallest absolute Gasteiger partial charge is 0.123 e. The van der Waals surface area contributed by atoms with Crippen LogP contribution in [0.3, 0.4) is 0 Å². The summed E-state index contributed by atoms with van der Waals surface area (Å²) in [4.78, 5) is 0. The van der Waals surface area contributed by atoms with Crippen LogP contribution in [0.5, 0.6) is 5.75 Å². The molecule has 18 heavy (non-hydrogen) atoms. The summed E-state index contributed by atoms with van der Waals surface area (Å²) in [7, 11) is 1.50. The van der Waals surface area contributed by atoms with E-state index in [0.717, 1.165) is 6.42 Å². The van der Waals surface area contributed by atoms with E-state index >= 15 is 0 Å². The van der Waals surface area contributed by atoms with Gasteiger partial charge in [-0.15, -0.1) is 0 Å². The Hall–Kier alpha value is -1.13. The Balaban J connectivity index is 2.81. The molecule has 1 aromatic rings. The molecule has 0 unspecified atom stereocenters. The summed E-state index contributed by atoms with van der Waals surface area (Å²) in [6, 6.07) is 3.53. The van der Waals surface area contributed by atoms with E-state index in [1.165, 1.54) is 25.3 Å². The normalized spacial score (nSPS) is 14.6. The molecule has 0 spiro atoms. The molecule has 0 saturated heterocycles. The minimum absolute atomic E-state index is 0.377. The maximum absolute atomic E-state index is 13.2. The summed E-state index contributed by atoms with van der Waals surface area (Å²) in [6.45, 7) is 4.17. The summed E-state index contributed by atoms with van der Waals surface area (Å²) in [5, 5.41) is 10.0. The Morgan fingerprint density at radius 3 is 2.56 bits per heavy atom. The molecule has 3 N–H and O–H groups in total. The fourth-order valence-corrected chi connectivity index (χ4v) is 1.86. The molecule has 0 radical (unpaired) electrons. The van der Waals surface area contributed by atoms with Crippen molar-refractivity contribution in [3.8, 4) is 5.75 Å². The van der Waals surface area contributed by atoms with Crippen LogP contribution in [-0.2, 0) is 0 Å². The molecule has 0 saturated carbocycles. The number of methoxy groups -OCH3 is 1. The van der Waals surface area contributed by atoms with Gasteiger partial charge < -0.3 is 15.6 Å². The van der Waals surface area contributed by atoms with Gasteiger partial charge in [0.2, 0.25) is 0 Å². The number of halogens is 1. The highest BCUT2D eigenvalue weighted by atomic mass is 19.1. The third kappa shape index (κ3) is 3.96. The van der Waals surface area contributed by atoms with Gasteiger partial charge in [-0.3, -0.25) is 0 Å². The largest absolute Gasteiger partial charge is 0.496 e. The van der Waals surface area contributed by atoms with E-state index in [-0.39, 0.29) is 5.82 Å².